The predicted octanol–water partition coefficient (Wildman–Crippen LogP) is 3.80. The lowest BCUT2D eigenvalue weighted by Gasteiger charge is -2.11. The first kappa shape index (κ1) is 18.7. The second-order valence-corrected chi connectivity index (χ2v) is 4.60. The minimum atomic E-state index is -2.25. The number of nitrogens with one attached hydrogen (secondary N) is 2. The fourth-order valence-corrected chi connectivity index (χ4v) is 1.73. The van der Waals surface area contributed by atoms with Gasteiger partial charge in [-0.05, 0) is 6.42 Å². The van der Waals surface area contributed by atoms with Crippen LogP contribution in [0.3, 0.4) is 0 Å². The van der Waals surface area contributed by atoms with Crippen LogP contribution < -0.4 is 10.6 Å². The Kier molecular flexibility index (Phi) is 7.25. The fourth-order valence-electron chi connectivity index (χ4n) is 1.73. The van der Waals surface area contributed by atoms with Crippen molar-refractivity contribution in [1.82, 2.24) is 5.32 Å². The number of rotatable bonds is 6. The molecule has 0 atom stereocenters. The Morgan fingerprint density at radius 1 is 0.957 bits per heavy atom. The van der Waals surface area contributed by atoms with E-state index in [0.29, 0.717) is 6.42 Å². The van der Waals surface area contributed by atoms with Gasteiger partial charge in [0, 0.05) is 6.54 Å². The molecule has 0 amide bonds. The highest BCUT2D eigenvalue weighted by molar-refractivity contribution is 5.94. The number of unbranched alkanes of at least 4 members (excludes halogenated alkanes) is 3. The molecule has 0 radical (unpaired) electrons. The molecule has 0 unspecified atom stereocenters. The molecule has 1 rings (SSSR count). The first-order valence-electron chi connectivity index (χ1n) is 6.92. The van der Waals surface area contributed by atoms with Crippen LogP contribution in [0.1, 0.15) is 32.6 Å². The summed E-state index contributed by atoms with van der Waals surface area (Å²) >= 11 is 0. The molecule has 0 saturated heterocycles. The number of aliphatic imine (C=N–C) groups is 1. The van der Waals surface area contributed by atoms with Crippen LogP contribution in [0, 0.1) is 40.5 Å². The third kappa shape index (κ3) is 4.81. The first-order chi connectivity index (χ1) is 10.9. The van der Waals surface area contributed by atoms with Gasteiger partial charge in [-0.15, -0.1) is 0 Å². The third-order valence-corrected chi connectivity index (χ3v) is 2.91. The van der Waals surface area contributed by atoms with Gasteiger partial charge in [0.1, 0.15) is 5.69 Å². The SMILES string of the molecule is CCCCCCN=C(NC#N)Nc1c(F)c(F)c(F)c(F)c1F. The van der Waals surface area contributed by atoms with Crippen molar-refractivity contribution in [3.05, 3.63) is 29.1 Å². The van der Waals surface area contributed by atoms with Gasteiger partial charge in [-0.3, -0.25) is 10.3 Å². The molecule has 0 aromatic heterocycles. The van der Waals surface area contributed by atoms with Crippen molar-refractivity contribution in [2.45, 2.75) is 32.6 Å². The van der Waals surface area contributed by atoms with E-state index >= 15 is 0 Å². The normalized spacial score (nSPS) is 11.3. The van der Waals surface area contributed by atoms with Gasteiger partial charge < -0.3 is 5.32 Å². The molecule has 23 heavy (non-hydrogen) atoms. The molecule has 0 spiro atoms. The molecule has 0 heterocycles. The number of hydrogen-bond donors (Lipinski definition) is 2. The van der Waals surface area contributed by atoms with Crippen molar-refractivity contribution in [3.8, 4) is 6.19 Å². The number of guanidine groups is 1. The van der Waals surface area contributed by atoms with E-state index in [1.165, 1.54) is 6.19 Å². The Labute approximate surface area is 130 Å². The molecule has 2 N–H and O–H groups in total. The second-order valence-electron chi connectivity index (χ2n) is 4.60. The summed E-state index contributed by atoms with van der Waals surface area (Å²) < 4.78 is 66.2. The summed E-state index contributed by atoms with van der Waals surface area (Å²) in [4.78, 5) is 3.84. The monoisotopic (exact) mass is 334 g/mol. The molecule has 9 heteroatoms. The van der Waals surface area contributed by atoms with Crippen molar-refractivity contribution in [2.75, 3.05) is 11.9 Å². The molecule has 4 nitrogen and oxygen atoms in total. The number of nitriles is 1. The molecule has 1 aromatic carbocycles. The summed E-state index contributed by atoms with van der Waals surface area (Å²) in [5.41, 5.74) is -1.27. The maximum Gasteiger partial charge on any atom is 0.209 e. The average molecular weight is 334 g/mol. The van der Waals surface area contributed by atoms with Crippen molar-refractivity contribution < 1.29 is 22.0 Å². The summed E-state index contributed by atoms with van der Waals surface area (Å²) in [5, 5.41) is 12.5. The van der Waals surface area contributed by atoms with Crippen LogP contribution in [0.4, 0.5) is 27.6 Å². The molecular weight excluding hydrogens is 319 g/mol. The van der Waals surface area contributed by atoms with Crippen LogP contribution in [0.25, 0.3) is 0 Å². The molecule has 0 bridgehead atoms. The molecule has 0 fully saturated rings. The lowest BCUT2D eigenvalue weighted by Crippen LogP contribution is -2.28. The van der Waals surface area contributed by atoms with E-state index in [0.717, 1.165) is 19.3 Å². The van der Waals surface area contributed by atoms with Crippen LogP contribution in [-0.4, -0.2) is 12.5 Å². The quantitative estimate of drug-likeness (QED) is 0.122. The van der Waals surface area contributed by atoms with Gasteiger partial charge in [-0.1, -0.05) is 26.2 Å². The van der Waals surface area contributed by atoms with Crippen molar-refractivity contribution in [3.63, 3.8) is 0 Å². The second kappa shape index (κ2) is 8.92. The largest absolute Gasteiger partial charge is 0.320 e. The molecule has 0 aliphatic heterocycles. The van der Waals surface area contributed by atoms with Crippen LogP contribution in [-0.2, 0) is 0 Å². The van der Waals surface area contributed by atoms with E-state index in [1.54, 1.807) is 0 Å². The van der Waals surface area contributed by atoms with Gasteiger partial charge in [-0.2, -0.15) is 5.26 Å². The highest BCUT2D eigenvalue weighted by atomic mass is 19.2. The summed E-state index contributed by atoms with van der Waals surface area (Å²) in [6.07, 6.45) is 4.96. The summed E-state index contributed by atoms with van der Waals surface area (Å²) in [7, 11) is 0. The predicted molar refractivity (Wildman–Crippen MR) is 75.0 cm³/mol. The highest BCUT2D eigenvalue weighted by Crippen LogP contribution is 2.26. The first-order valence-corrected chi connectivity index (χ1v) is 6.92. The number of nitrogens with zero attached hydrogens (tertiary/aromatic N) is 2. The summed E-state index contributed by atoms with van der Waals surface area (Å²) in [5.74, 6) is -10.9. The van der Waals surface area contributed by atoms with Crippen LogP contribution in [0.15, 0.2) is 4.99 Å². The third-order valence-electron chi connectivity index (χ3n) is 2.91. The van der Waals surface area contributed by atoms with Gasteiger partial charge in [0.05, 0.1) is 0 Å². The zero-order valence-corrected chi connectivity index (χ0v) is 12.3. The maximum atomic E-state index is 13.5. The number of benzene rings is 1. The molecule has 126 valence electrons. The number of halogens is 5. The Balaban J connectivity index is 2.97. The van der Waals surface area contributed by atoms with Crippen LogP contribution in [0.5, 0.6) is 0 Å². The van der Waals surface area contributed by atoms with Gasteiger partial charge in [0.25, 0.3) is 0 Å². The lowest BCUT2D eigenvalue weighted by molar-refractivity contribution is 0.382. The Morgan fingerprint density at radius 3 is 2.04 bits per heavy atom. The minimum absolute atomic E-state index is 0.229. The Hall–Kier alpha value is -2.37. The minimum Gasteiger partial charge on any atom is -0.320 e. The van der Waals surface area contributed by atoms with Gasteiger partial charge in [0.15, 0.2) is 29.5 Å². The van der Waals surface area contributed by atoms with Gasteiger partial charge >= 0.3 is 0 Å². The maximum absolute atomic E-state index is 13.5. The van der Waals surface area contributed by atoms with E-state index in [2.05, 4.69) is 4.99 Å². The van der Waals surface area contributed by atoms with E-state index in [4.69, 9.17) is 5.26 Å². The van der Waals surface area contributed by atoms with Gasteiger partial charge in [0.2, 0.25) is 11.8 Å². The smallest absolute Gasteiger partial charge is 0.209 e. The van der Waals surface area contributed by atoms with E-state index in [-0.39, 0.29) is 6.54 Å². The van der Waals surface area contributed by atoms with Crippen molar-refractivity contribution in [2.24, 2.45) is 4.99 Å². The van der Waals surface area contributed by atoms with E-state index in [1.807, 2.05) is 17.6 Å². The summed E-state index contributed by atoms with van der Waals surface area (Å²) in [6, 6.07) is 0. The highest BCUT2D eigenvalue weighted by Gasteiger charge is 2.26. The lowest BCUT2D eigenvalue weighted by atomic mass is 10.2. The standard InChI is InChI=1S/C14H15F5N4/c1-2-3-4-5-6-21-14(22-7-20)23-13-11(18)9(16)8(15)10(17)12(13)19/h2-6H2,1H3,(H2,21,22,23). The molecular formula is C14H15F5N4. The van der Waals surface area contributed by atoms with Crippen LogP contribution in [0.2, 0.25) is 0 Å². The van der Waals surface area contributed by atoms with Gasteiger partial charge in [-0.25, -0.2) is 22.0 Å². The molecule has 0 aliphatic carbocycles. The Morgan fingerprint density at radius 2 is 1.52 bits per heavy atom. The zero-order valence-electron chi connectivity index (χ0n) is 12.3. The fraction of sp³-hybridized carbons (Fsp3) is 0.429. The summed E-state index contributed by atoms with van der Waals surface area (Å²) in [6.45, 7) is 2.24. The van der Waals surface area contributed by atoms with E-state index in [9.17, 15) is 22.0 Å². The van der Waals surface area contributed by atoms with Crippen molar-refractivity contribution in [1.29, 1.82) is 5.26 Å². The zero-order chi connectivity index (χ0) is 17.4. The number of anilines is 1. The number of hydrogen-bond acceptors (Lipinski definition) is 2. The Bertz CT molecular complexity index is 596. The molecule has 1 aromatic rings. The van der Waals surface area contributed by atoms with Crippen molar-refractivity contribution >= 4 is 11.6 Å². The average Bonchev–Trinajstić information content (AvgIpc) is 2.54. The topological polar surface area (TPSA) is 60.2 Å². The molecule has 0 aliphatic rings. The molecule has 0 saturated carbocycles. The van der Waals surface area contributed by atoms with E-state index < -0.39 is 40.7 Å². The van der Waals surface area contributed by atoms with Crippen LogP contribution >= 0.6 is 0 Å².